The molecule has 0 fully saturated rings. The summed E-state index contributed by atoms with van der Waals surface area (Å²) in [7, 11) is 0. The van der Waals surface area contributed by atoms with E-state index in [-0.39, 0.29) is 18.4 Å². The maximum absolute atomic E-state index is 12.4. The minimum atomic E-state index is -1.56. The smallest absolute Gasteiger partial charge is 0.328 e. The molecule has 0 saturated carbocycles. The highest BCUT2D eigenvalue weighted by Gasteiger charge is 2.19. The van der Waals surface area contributed by atoms with Gasteiger partial charge in [-0.25, -0.2) is 14.2 Å². The number of carbonyl (C=O) groups is 2. The van der Waals surface area contributed by atoms with Crippen molar-refractivity contribution in [2.75, 3.05) is 6.67 Å². The fourth-order valence-electron chi connectivity index (χ4n) is 2.08. The summed E-state index contributed by atoms with van der Waals surface area (Å²) in [4.78, 5) is 42.9. The Kier molecular flexibility index (Phi) is 5.09. The largest absolute Gasteiger partial charge is 0.480 e. The number of carbonyl (C=O) groups excluding carboxylic acids is 1. The lowest BCUT2D eigenvalue weighted by Crippen LogP contribution is -2.42. The fourth-order valence-corrected chi connectivity index (χ4v) is 3.13. The van der Waals surface area contributed by atoms with Crippen LogP contribution in [0.4, 0.5) is 4.39 Å². The Labute approximate surface area is 134 Å². The number of hydrogen-bond donors (Lipinski definition) is 3. The van der Waals surface area contributed by atoms with Crippen LogP contribution in [0.3, 0.4) is 0 Å². The molecule has 2 rings (SSSR count). The summed E-state index contributed by atoms with van der Waals surface area (Å²) in [5.74, 6) is -1.71. The van der Waals surface area contributed by atoms with E-state index in [0.717, 1.165) is 10.4 Å². The number of fused-ring (bicyclic) bond motifs is 1. The van der Waals surface area contributed by atoms with Crippen LogP contribution < -0.4 is 10.9 Å². The minimum absolute atomic E-state index is 0.0957. The molecular weight excluding hydrogens is 325 g/mol. The van der Waals surface area contributed by atoms with Crippen LogP contribution in [0.2, 0.25) is 0 Å². The number of aliphatic carboxylic acids is 1. The topological polar surface area (TPSA) is 112 Å². The minimum Gasteiger partial charge on any atom is -0.480 e. The van der Waals surface area contributed by atoms with Crippen molar-refractivity contribution in [3.05, 3.63) is 26.6 Å². The molecule has 3 N–H and O–H groups in total. The molecule has 1 amide bonds. The quantitative estimate of drug-likeness (QED) is 0.728. The third-order valence-corrected chi connectivity index (χ3v) is 4.57. The molecule has 23 heavy (non-hydrogen) atoms. The first kappa shape index (κ1) is 17.1. The summed E-state index contributed by atoms with van der Waals surface area (Å²) in [6, 6.07) is -1.56. The molecule has 0 aliphatic carbocycles. The van der Waals surface area contributed by atoms with Gasteiger partial charge in [-0.15, -0.1) is 11.3 Å². The first-order valence-electron chi connectivity index (χ1n) is 6.90. The number of halogens is 1. The van der Waals surface area contributed by atoms with Gasteiger partial charge in [-0.05, 0) is 19.4 Å². The Hall–Kier alpha value is -2.29. The second-order valence-corrected chi connectivity index (χ2v) is 6.29. The Morgan fingerprint density at radius 3 is 2.74 bits per heavy atom. The summed E-state index contributed by atoms with van der Waals surface area (Å²) < 4.78 is 12.4. The number of hydrogen-bond acceptors (Lipinski definition) is 5. The zero-order valence-electron chi connectivity index (χ0n) is 12.6. The van der Waals surface area contributed by atoms with Gasteiger partial charge in [0, 0.05) is 17.7 Å². The molecule has 2 heterocycles. The van der Waals surface area contributed by atoms with E-state index in [1.807, 2.05) is 13.8 Å². The third kappa shape index (κ3) is 3.73. The van der Waals surface area contributed by atoms with Crippen LogP contribution in [0.15, 0.2) is 4.79 Å². The number of carboxylic acid groups (broad SMARTS) is 1. The van der Waals surface area contributed by atoms with Crippen LogP contribution in [-0.2, 0) is 16.0 Å². The highest BCUT2D eigenvalue weighted by Crippen LogP contribution is 2.25. The number of aromatic nitrogens is 2. The lowest BCUT2D eigenvalue weighted by atomic mass is 10.2. The number of amides is 1. The normalized spacial score (nSPS) is 12.3. The number of nitrogens with one attached hydrogen (secondary N) is 2. The number of carboxylic acids is 1. The number of thiophene rings is 1. The molecule has 0 aliphatic heterocycles. The van der Waals surface area contributed by atoms with Gasteiger partial charge in [0.05, 0.1) is 5.39 Å². The van der Waals surface area contributed by atoms with Crippen molar-refractivity contribution in [2.45, 2.75) is 32.7 Å². The number of H-pyrrole nitrogens is 1. The van der Waals surface area contributed by atoms with Gasteiger partial charge in [-0.2, -0.15) is 0 Å². The molecule has 2 aromatic heterocycles. The first-order chi connectivity index (χ1) is 10.8. The predicted octanol–water partition coefficient (Wildman–Crippen LogP) is 1.07. The molecule has 0 aromatic carbocycles. The molecule has 0 spiro atoms. The zero-order chi connectivity index (χ0) is 17.1. The molecule has 9 heteroatoms. The van der Waals surface area contributed by atoms with Crippen LogP contribution >= 0.6 is 11.3 Å². The standard InChI is InChI=1S/C14H16FN3O4S/c1-6-7(2)23-13-11(6)12(20)17-9(18-13)3-4-10(19)16-8(5-15)14(21)22/h8H,3-5H2,1-2H3,(H,16,19)(H,21,22)(H,17,18,20). The van der Waals surface area contributed by atoms with E-state index in [2.05, 4.69) is 15.3 Å². The van der Waals surface area contributed by atoms with Gasteiger partial charge in [0.25, 0.3) is 5.56 Å². The Morgan fingerprint density at radius 2 is 2.13 bits per heavy atom. The van der Waals surface area contributed by atoms with Crippen LogP contribution in [-0.4, -0.2) is 39.7 Å². The van der Waals surface area contributed by atoms with E-state index in [9.17, 15) is 18.8 Å². The average Bonchev–Trinajstić information content (AvgIpc) is 2.77. The Morgan fingerprint density at radius 1 is 1.43 bits per heavy atom. The molecule has 0 bridgehead atoms. The van der Waals surface area contributed by atoms with E-state index in [0.29, 0.717) is 16.0 Å². The van der Waals surface area contributed by atoms with Crippen molar-refractivity contribution in [3.8, 4) is 0 Å². The van der Waals surface area contributed by atoms with Crippen molar-refractivity contribution < 1.29 is 19.1 Å². The molecule has 2 aromatic rings. The lowest BCUT2D eigenvalue weighted by molar-refractivity contribution is -0.142. The number of aryl methyl sites for hydroxylation is 3. The summed E-state index contributed by atoms with van der Waals surface area (Å²) in [6.45, 7) is 2.56. The summed E-state index contributed by atoms with van der Waals surface area (Å²) in [6.07, 6.45) is 0.0349. The number of aromatic amines is 1. The van der Waals surface area contributed by atoms with Gasteiger partial charge >= 0.3 is 5.97 Å². The highest BCUT2D eigenvalue weighted by atomic mass is 32.1. The van der Waals surface area contributed by atoms with Crippen molar-refractivity contribution in [2.24, 2.45) is 0 Å². The van der Waals surface area contributed by atoms with Gasteiger partial charge in [0.1, 0.15) is 17.3 Å². The maximum atomic E-state index is 12.4. The lowest BCUT2D eigenvalue weighted by Gasteiger charge is -2.10. The van der Waals surface area contributed by atoms with Gasteiger partial charge < -0.3 is 15.4 Å². The van der Waals surface area contributed by atoms with E-state index in [4.69, 9.17) is 5.11 Å². The highest BCUT2D eigenvalue weighted by molar-refractivity contribution is 7.18. The van der Waals surface area contributed by atoms with E-state index >= 15 is 0 Å². The Bertz CT molecular complexity index is 814. The number of rotatable bonds is 6. The third-order valence-electron chi connectivity index (χ3n) is 3.46. The molecule has 7 nitrogen and oxygen atoms in total. The van der Waals surface area contributed by atoms with Crippen LogP contribution in [0.5, 0.6) is 0 Å². The molecule has 0 radical (unpaired) electrons. The second kappa shape index (κ2) is 6.86. The van der Waals surface area contributed by atoms with E-state index < -0.39 is 24.6 Å². The predicted molar refractivity (Wildman–Crippen MR) is 83.6 cm³/mol. The average molecular weight is 341 g/mol. The maximum Gasteiger partial charge on any atom is 0.328 e. The van der Waals surface area contributed by atoms with Gasteiger partial charge in [-0.1, -0.05) is 0 Å². The second-order valence-electron chi connectivity index (χ2n) is 5.09. The molecule has 1 atom stereocenters. The number of nitrogens with zero attached hydrogens (tertiary/aromatic N) is 1. The van der Waals surface area contributed by atoms with Crippen LogP contribution in [0.1, 0.15) is 22.7 Å². The monoisotopic (exact) mass is 341 g/mol. The van der Waals surface area contributed by atoms with Crippen LogP contribution in [0, 0.1) is 13.8 Å². The number of alkyl halides is 1. The van der Waals surface area contributed by atoms with Gasteiger partial charge in [0.2, 0.25) is 5.91 Å². The van der Waals surface area contributed by atoms with Gasteiger partial charge in [-0.3, -0.25) is 9.59 Å². The summed E-state index contributed by atoms with van der Waals surface area (Å²) in [5.41, 5.74) is 0.620. The van der Waals surface area contributed by atoms with Crippen LogP contribution in [0.25, 0.3) is 10.2 Å². The molecule has 124 valence electrons. The van der Waals surface area contributed by atoms with E-state index in [1.54, 1.807) is 0 Å². The first-order valence-corrected chi connectivity index (χ1v) is 7.72. The summed E-state index contributed by atoms with van der Waals surface area (Å²) in [5, 5.41) is 11.3. The van der Waals surface area contributed by atoms with Crippen molar-refractivity contribution >= 4 is 33.4 Å². The Balaban J connectivity index is 2.09. The molecule has 0 saturated heterocycles. The molecule has 0 aliphatic rings. The van der Waals surface area contributed by atoms with Crippen molar-refractivity contribution in [1.82, 2.24) is 15.3 Å². The van der Waals surface area contributed by atoms with Crippen molar-refractivity contribution in [1.29, 1.82) is 0 Å². The molecule has 1 unspecified atom stereocenters. The van der Waals surface area contributed by atoms with E-state index in [1.165, 1.54) is 11.3 Å². The summed E-state index contributed by atoms with van der Waals surface area (Å²) >= 11 is 1.40. The zero-order valence-corrected chi connectivity index (χ0v) is 13.4. The molecular formula is C14H16FN3O4S. The fraction of sp³-hybridized carbons (Fsp3) is 0.429. The van der Waals surface area contributed by atoms with Gasteiger partial charge in [0.15, 0.2) is 6.04 Å². The SMILES string of the molecule is Cc1sc2nc(CCC(=O)NC(CF)C(=O)O)[nH]c(=O)c2c1C. The van der Waals surface area contributed by atoms with Crippen molar-refractivity contribution in [3.63, 3.8) is 0 Å².